The van der Waals surface area contributed by atoms with Gasteiger partial charge in [0.25, 0.3) is 0 Å². The van der Waals surface area contributed by atoms with Crippen molar-refractivity contribution in [2.24, 2.45) is 0 Å². The molecule has 0 amide bonds. The van der Waals surface area contributed by atoms with Crippen LogP contribution in [0.2, 0.25) is 0 Å². The van der Waals surface area contributed by atoms with E-state index in [1.807, 2.05) is 12.1 Å². The second kappa shape index (κ2) is 5.84. The van der Waals surface area contributed by atoms with Crippen molar-refractivity contribution in [2.45, 2.75) is 37.1 Å². The number of nitrogens with one attached hydrogen (secondary N) is 1. The quantitative estimate of drug-likeness (QED) is 0.819. The summed E-state index contributed by atoms with van der Waals surface area (Å²) < 4.78 is 0. The molecule has 1 N–H and O–H groups in total. The first kappa shape index (κ1) is 12.9. The summed E-state index contributed by atoms with van der Waals surface area (Å²) in [4.78, 5) is 0. The number of rotatable bonds is 4. The van der Waals surface area contributed by atoms with Crippen LogP contribution in [0.15, 0.2) is 43.0 Å². The Morgan fingerprint density at radius 3 is 2.83 bits per heavy atom. The molecule has 1 aliphatic carbocycles. The highest BCUT2D eigenvalue weighted by Crippen LogP contribution is 2.40. The lowest BCUT2D eigenvalue weighted by atomic mass is 9.70. The summed E-state index contributed by atoms with van der Waals surface area (Å²) in [6, 6.07) is 13.0. The van der Waals surface area contributed by atoms with Crippen molar-refractivity contribution < 1.29 is 0 Å². The van der Waals surface area contributed by atoms with Crippen LogP contribution in [-0.4, -0.2) is 12.1 Å². The van der Waals surface area contributed by atoms with Gasteiger partial charge in [0.1, 0.15) is 5.54 Å². The van der Waals surface area contributed by atoms with Crippen molar-refractivity contribution in [3.63, 3.8) is 0 Å². The monoisotopic (exact) mass is 240 g/mol. The standard InChI is InChI=1S/C16H20N2/c1-2-12-18-16(13-17)11-7-6-10-15(16)14-8-4-3-5-9-14/h2-5,8-9,15,18H,1,6-7,10-12H2. The highest BCUT2D eigenvalue weighted by Gasteiger charge is 2.41. The highest BCUT2D eigenvalue weighted by molar-refractivity contribution is 5.30. The molecule has 0 aromatic heterocycles. The fourth-order valence-corrected chi connectivity index (χ4v) is 2.95. The Kier molecular flexibility index (Phi) is 4.17. The Labute approximate surface area is 109 Å². The van der Waals surface area contributed by atoms with Gasteiger partial charge < -0.3 is 0 Å². The van der Waals surface area contributed by atoms with Gasteiger partial charge in [0.15, 0.2) is 0 Å². The molecule has 0 aliphatic heterocycles. The third-order valence-corrected chi connectivity index (χ3v) is 3.87. The van der Waals surface area contributed by atoms with Crippen molar-refractivity contribution in [3.8, 4) is 6.07 Å². The van der Waals surface area contributed by atoms with E-state index in [9.17, 15) is 5.26 Å². The zero-order valence-electron chi connectivity index (χ0n) is 10.7. The molecule has 2 heteroatoms. The van der Waals surface area contributed by atoms with Gasteiger partial charge in [-0.1, -0.05) is 49.2 Å². The van der Waals surface area contributed by atoms with Gasteiger partial charge in [0.05, 0.1) is 6.07 Å². The summed E-state index contributed by atoms with van der Waals surface area (Å²) in [5, 5.41) is 13.1. The van der Waals surface area contributed by atoms with Crippen LogP contribution in [0, 0.1) is 11.3 Å². The first-order chi connectivity index (χ1) is 8.82. The van der Waals surface area contributed by atoms with Crippen molar-refractivity contribution in [1.82, 2.24) is 5.32 Å². The van der Waals surface area contributed by atoms with E-state index >= 15 is 0 Å². The molecule has 2 atom stereocenters. The molecule has 18 heavy (non-hydrogen) atoms. The lowest BCUT2D eigenvalue weighted by Crippen LogP contribution is -2.50. The van der Waals surface area contributed by atoms with Gasteiger partial charge >= 0.3 is 0 Å². The van der Waals surface area contributed by atoms with Gasteiger partial charge in [-0.05, 0) is 18.4 Å². The second-order valence-corrected chi connectivity index (χ2v) is 4.96. The Hall–Kier alpha value is -1.59. The first-order valence-corrected chi connectivity index (χ1v) is 6.64. The molecule has 0 radical (unpaired) electrons. The highest BCUT2D eigenvalue weighted by atomic mass is 15.0. The molecule has 2 rings (SSSR count). The van der Waals surface area contributed by atoms with Crippen LogP contribution >= 0.6 is 0 Å². The molecule has 1 saturated carbocycles. The largest absolute Gasteiger partial charge is 0.295 e. The van der Waals surface area contributed by atoms with Gasteiger partial charge in [-0.15, -0.1) is 6.58 Å². The minimum absolute atomic E-state index is 0.289. The van der Waals surface area contributed by atoms with Crippen LogP contribution in [0.3, 0.4) is 0 Å². The van der Waals surface area contributed by atoms with E-state index in [-0.39, 0.29) is 5.92 Å². The maximum absolute atomic E-state index is 9.65. The zero-order valence-corrected chi connectivity index (χ0v) is 10.7. The first-order valence-electron chi connectivity index (χ1n) is 6.64. The number of hydrogen-bond acceptors (Lipinski definition) is 2. The predicted molar refractivity (Wildman–Crippen MR) is 74.2 cm³/mol. The third-order valence-electron chi connectivity index (χ3n) is 3.87. The fourth-order valence-electron chi connectivity index (χ4n) is 2.95. The summed E-state index contributed by atoms with van der Waals surface area (Å²) in [5.41, 5.74) is 0.851. The SMILES string of the molecule is C=CCNC1(C#N)CCCCC1c1ccccc1. The maximum atomic E-state index is 9.65. The zero-order chi connectivity index (χ0) is 12.8. The Morgan fingerprint density at radius 2 is 2.17 bits per heavy atom. The van der Waals surface area contributed by atoms with E-state index < -0.39 is 5.54 Å². The van der Waals surface area contributed by atoms with Gasteiger partial charge in [0.2, 0.25) is 0 Å². The maximum Gasteiger partial charge on any atom is 0.113 e. The molecule has 1 aromatic carbocycles. The van der Waals surface area contributed by atoms with Crippen molar-refractivity contribution in [3.05, 3.63) is 48.6 Å². The van der Waals surface area contributed by atoms with Crippen molar-refractivity contribution in [1.29, 1.82) is 5.26 Å². The molecule has 1 aromatic rings. The predicted octanol–water partition coefficient (Wildman–Crippen LogP) is 3.38. The minimum atomic E-state index is -0.423. The molecule has 1 fully saturated rings. The summed E-state index contributed by atoms with van der Waals surface area (Å²) >= 11 is 0. The summed E-state index contributed by atoms with van der Waals surface area (Å²) in [6.07, 6.45) is 6.17. The topological polar surface area (TPSA) is 35.8 Å². The Balaban J connectivity index is 2.29. The molecule has 2 nitrogen and oxygen atoms in total. The number of benzene rings is 1. The molecule has 94 valence electrons. The Bertz CT molecular complexity index is 432. The van der Waals surface area contributed by atoms with E-state index in [0.29, 0.717) is 6.54 Å². The summed E-state index contributed by atoms with van der Waals surface area (Å²) in [6.45, 7) is 4.43. The van der Waals surface area contributed by atoms with Crippen LogP contribution in [0.5, 0.6) is 0 Å². The van der Waals surface area contributed by atoms with Gasteiger partial charge in [-0.25, -0.2) is 0 Å². The molecular weight excluding hydrogens is 220 g/mol. The number of nitrogens with zero attached hydrogens (tertiary/aromatic N) is 1. The van der Waals surface area contributed by atoms with E-state index in [0.717, 1.165) is 19.3 Å². The van der Waals surface area contributed by atoms with Gasteiger partial charge in [-0.3, -0.25) is 5.32 Å². The van der Waals surface area contributed by atoms with Crippen molar-refractivity contribution >= 4 is 0 Å². The second-order valence-electron chi connectivity index (χ2n) is 4.96. The van der Waals surface area contributed by atoms with E-state index in [4.69, 9.17) is 0 Å². The molecule has 2 unspecified atom stereocenters. The number of hydrogen-bond donors (Lipinski definition) is 1. The lowest BCUT2D eigenvalue weighted by molar-refractivity contribution is 0.263. The van der Waals surface area contributed by atoms with Crippen LogP contribution in [-0.2, 0) is 0 Å². The smallest absolute Gasteiger partial charge is 0.113 e. The summed E-state index contributed by atoms with van der Waals surface area (Å²) in [5.74, 6) is 0.289. The lowest BCUT2D eigenvalue weighted by Gasteiger charge is -2.39. The molecule has 0 heterocycles. The Morgan fingerprint density at radius 1 is 1.39 bits per heavy atom. The van der Waals surface area contributed by atoms with Crippen LogP contribution in [0.1, 0.15) is 37.2 Å². The molecular formula is C16H20N2. The van der Waals surface area contributed by atoms with Crippen LogP contribution < -0.4 is 5.32 Å². The summed E-state index contributed by atoms with van der Waals surface area (Å²) in [7, 11) is 0. The van der Waals surface area contributed by atoms with E-state index in [1.165, 1.54) is 12.0 Å². The van der Waals surface area contributed by atoms with Crippen molar-refractivity contribution in [2.75, 3.05) is 6.54 Å². The van der Waals surface area contributed by atoms with Crippen LogP contribution in [0.4, 0.5) is 0 Å². The normalized spacial score (nSPS) is 27.4. The minimum Gasteiger partial charge on any atom is -0.295 e. The molecule has 1 aliphatic rings. The average molecular weight is 240 g/mol. The molecule has 0 spiro atoms. The van der Waals surface area contributed by atoms with Gasteiger partial charge in [-0.2, -0.15) is 5.26 Å². The van der Waals surface area contributed by atoms with E-state index in [1.54, 1.807) is 0 Å². The van der Waals surface area contributed by atoms with E-state index in [2.05, 4.69) is 42.2 Å². The fraction of sp³-hybridized carbons (Fsp3) is 0.438. The van der Waals surface area contributed by atoms with Crippen LogP contribution in [0.25, 0.3) is 0 Å². The molecule has 0 saturated heterocycles. The molecule has 0 bridgehead atoms. The average Bonchev–Trinajstić information content (AvgIpc) is 2.46. The van der Waals surface area contributed by atoms with Gasteiger partial charge in [0, 0.05) is 12.5 Å². The third kappa shape index (κ3) is 2.47. The number of nitriles is 1.